The van der Waals surface area contributed by atoms with Crippen LogP contribution in [0, 0.1) is 6.92 Å². The predicted molar refractivity (Wildman–Crippen MR) is 117 cm³/mol. The highest BCUT2D eigenvalue weighted by molar-refractivity contribution is 6.05. The van der Waals surface area contributed by atoms with E-state index in [1.807, 2.05) is 55.5 Å². The van der Waals surface area contributed by atoms with E-state index in [2.05, 4.69) is 17.4 Å². The second kappa shape index (κ2) is 8.40. The number of ether oxygens (including phenoxy) is 3. The summed E-state index contributed by atoms with van der Waals surface area (Å²) in [4.78, 5) is 25.4. The number of anilines is 1. The molecule has 2 aromatic carbocycles. The molecule has 0 radical (unpaired) electrons. The summed E-state index contributed by atoms with van der Waals surface area (Å²) >= 11 is 0. The van der Waals surface area contributed by atoms with Gasteiger partial charge in [-0.3, -0.25) is 0 Å². The number of carbonyl (C=O) groups is 2. The molecule has 3 atom stereocenters. The van der Waals surface area contributed by atoms with Gasteiger partial charge in [0.2, 0.25) is 0 Å². The Labute approximate surface area is 181 Å². The molecule has 0 saturated heterocycles. The van der Waals surface area contributed by atoms with Crippen LogP contribution in [0.2, 0.25) is 0 Å². The van der Waals surface area contributed by atoms with Crippen molar-refractivity contribution >= 4 is 17.6 Å². The molecule has 2 bridgehead atoms. The molecule has 0 fully saturated rings. The van der Waals surface area contributed by atoms with Crippen molar-refractivity contribution in [1.29, 1.82) is 0 Å². The van der Waals surface area contributed by atoms with Crippen molar-refractivity contribution in [3.8, 4) is 0 Å². The lowest BCUT2D eigenvalue weighted by atomic mass is 9.79. The molecule has 2 heterocycles. The van der Waals surface area contributed by atoms with Crippen molar-refractivity contribution < 1.29 is 23.8 Å². The first-order chi connectivity index (χ1) is 15.0. The van der Waals surface area contributed by atoms with Crippen LogP contribution in [-0.2, 0) is 30.2 Å². The van der Waals surface area contributed by atoms with Gasteiger partial charge in [-0.25, -0.2) is 9.59 Å². The molecule has 0 saturated carbocycles. The first-order valence-corrected chi connectivity index (χ1v) is 10.1. The Morgan fingerprint density at radius 3 is 2.35 bits per heavy atom. The van der Waals surface area contributed by atoms with Crippen LogP contribution in [0.5, 0.6) is 0 Å². The zero-order chi connectivity index (χ0) is 22.0. The highest BCUT2D eigenvalue weighted by Gasteiger charge is 2.58. The summed E-state index contributed by atoms with van der Waals surface area (Å²) in [6.45, 7) is 2.04. The molecule has 2 aliphatic rings. The molecule has 0 aliphatic carbocycles. The van der Waals surface area contributed by atoms with Crippen molar-refractivity contribution in [3.05, 3.63) is 89.0 Å². The van der Waals surface area contributed by atoms with E-state index < -0.39 is 23.6 Å². The smallest absolute Gasteiger partial charge is 0.337 e. The minimum absolute atomic E-state index is 0.190. The number of fused-ring (bicyclic) bond motifs is 2. The van der Waals surface area contributed by atoms with Crippen LogP contribution in [0.1, 0.15) is 11.1 Å². The average molecular weight is 419 g/mol. The predicted octanol–water partition coefficient (Wildman–Crippen LogP) is 3.37. The fourth-order valence-corrected chi connectivity index (χ4v) is 4.25. The number of rotatable bonds is 7. The van der Waals surface area contributed by atoms with Gasteiger partial charge in [0.1, 0.15) is 11.7 Å². The fourth-order valence-electron chi connectivity index (χ4n) is 4.25. The van der Waals surface area contributed by atoms with Crippen LogP contribution in [-0.4, -0.2) is 43.9 Å². The first-order valence-electron chi connectivity index (χ1n) is 10.1. The quantitative estimate of drug-likeness (QED) is 0.548. The van der Waals surface area contributed by atoms with Crippen LogP contribution in [0.15, 0.2) is 77.9 Å². The maximum Gasteiger partial charge on any atom is 0.337 e. The van der Waals surface area contributed by atoms with E-state index in [0.717, 1.165) is 16.8 Å². The molecule has 2 unspecified atom stereocenters. The minimum atomic E-state index is -1.16. The normalized spacial score (nSPS) is 22.4. The largest absolute Gasteiger partial charge is 0.466 e. The van der Waals surface area contributed by atoms with Crippen molar-refractivity contribution in [1.82, 2.24) is 0 Å². The molecule has 31 heavy (non-hydrogen) atoms. The van der Waals surface area contributed by atoms with Crippen molar-refractivity contribution in [2.75, 3.05) is 19.5 Å². The van der Waals surface area contributed by atoms with E-state index in [1.54, 1.807) is 6.08 Å². The Kier molecular flexibility index (Phi) is 5.65. The van der Waals surface area contributed by atoms with E-state index >= 15 is 0 Å². The fraction of sp³-hybridized carbons (Fsp3) is 0.280. The van der Waals surface area contributed by atoms with E-state index in [1.165, 1.54) is 14.2 Å². The van der Waals surface area contributed by atoms with E-state index in [0.29, 0.717) is 6.42 Å². The van der Waals surface area contributed by atoms with Crippen molar-refractivity contribution in [2.45, 2.75) is 31.1 Å². The summed E-state index contributed by atoms with van der Waals surface area (Å²) in [6.07, 6.45) is 3.56. The molecule has 1 N–H and O–H groups in total. The molecule has 2 aromatic rings. The van der Waals surface area contributed by atoms with Crippen LogP contribution < -0.4 is 5.32 Å². The van der Waals surface area contributed by atoms with Gasteiger partial charge in [0.15, 0.2) is 0 Å². The van der Waals surface area contributed by atoms with Gasteiger partial charge in [0.05, 0.1) is 31.4 Å². The summed E-state index contributed by atoms with van der Waals surface area (Å²) in [5.41, 5.74) is 2.34. The Morgan fingerprint density at radius 2 is 1.71 bits per heavy atom. The molecule has 0 aromatic heterocycles. The Balaban J connectivity index is 1.81. The minimum Gasteiger partial charge on any atom is -0.466 e. The van der Waals surface area contributed by atoms with Crippen molar-refractivity contribution in [2.24, 2.45) is 0 Å². The first kappa shape index (κ1) is 20.9. The average Bonchev–Trinajstić information content (AvgIpc) is 3.38. The van der Waals surface area contributed by atoms with E-state index in [4.69, 9.17) is 14.2 Å². The van der Waals surface area contributed by atoms with Gasteiger partial charge in [-0.15, -0.1) is 0 Å². The van der Waals surface area contributed by atoms with Gasteiger partial charge in [-0.2, -0.15) is 0 Å². The van der Waals surface area contributed by atoms with Crippen LogP contribution in [0.4, 0.5) is 5.69 Å². The number of benzene rings is 2. The number of esters is 2. The Hall–Kier alpha value is -3.38. The number of methoxy groups -OCH3 is 2. The van der Waals surface area contributed by atoms with Gasteiger partial charge in [-0.05, 0) is 37.1 Å². The van der Waals surface area contributed by atoms with E-state index in [-0.39, 0.29) is 17.2 Å². The highest BCUT2D eigenvalue weighted by atomic mass is 16.6. The molecular formula is C25H25NO5. The molecule has 160 valence electrons. The number of para-hydroxylation sites is 1. The zero-order valence-electron chi connectivity index (χ0n) is 17.8. The highest BCUT2D eigenvalue weighted by Crippen LogP contribution is 2.47. The number of nitrogens with one attached hydrogen (secondary N) is 1. The summed E-state index contributed by atoms with van der Waals surface area (Å²) < 4.78 is 16.3. The van der Waals surface area contributed by atoms with Gasteiger partial charge >= 0.3 is 11.9 Å². The third kappa shape index (κ3) is 3.75. The van der Waals surface area contributed by atoms with Crippen LogP contribution >= 0.6 is 0 Å². The van der Waals surface area contributed by atoms with Gasteiger partial charge in [0.25, 0.3) is 0 Å². The second-order valence-electron chi connectivity index (χ2n) is 7.72. The zero-order valence-corrected chi connectivity index (χ0v) is 17.8. The molecule has 6 nitrogen and oxygen atoms in total. The monoisotopic (exact) mass is 419 g/mol. The number of aryl methyl sites for hydroxylation is 1. The lowest BCUT2D eigenvalue weighted by Crippen LogP contribution is -2.49. The number of carbonyl (C=O) groups excluding carboxylic acids is 2. The van der Waals surface area contributed by atoms with Gasteiger partial charge in [0, 0.05) is 5.69 Å². The van der Waals surface area contributed by atoms with Crippen LogP contribution in [0.3, 0.4) is 0 Å². The number of hydrogen-bond donors (Lipinski definition) is 1. The lowest BCUT2D eigenvalue weighted by molar-refractivity contribution is -0.139. The summed E-state index contributed by atoms with van der Waals surface area (Å²) in [5, 5.41) is 3.52. The third-order valence-corrected chi connectivity index (χ3v) is 5.77. The van der Waals surface area contributed by atoms with Crippen LogP contribution in [0.25, 0.3) is 0 Å². The Morgan fingerprint density at radius 1 is 1.03 bits per heavy atom. The molecular weight excluding hydrogens is 394 g/mol. The standard InChI is InChI=1S/C25H25NO5/c1-16-9-11-17(12-10-16)15-20(26-18-7-5-4-6-8-18)25-14-13-19(31-25)21(23(27)29-2)22(25)24(28)30-3/h4-14,19-20,26H,15H2,1-3H3/t19?,20-,25?/m0/s1. The lowest BCUT2D eigenvalue weighted by Gasteiger charge is -2.36. The molecule has 0 amide bonds. The number of hydrogen-bond acceptors (Lipinski definition) is 6. The topological polar surface area (TPSA) is 73.9 Å². The Bertz CT molecular complexity index is 1040. The van der Waals surface area contributed by atoms with Gasteiger partial charge < -0.3 is 19.5 Å². The third-order valence-electron chi connectivity index (χ3n) is 5.77. The molecule has 0 spiro atoms. The van der Waals surface area contributed by atoms with E-state index in [9.17, 15) is 9.59 Å². The maximum atomic E-state index is 12.9. The van der Waals surface area contributed by atoms with Gasteiger partial charge in [-0.1, -0.05) is 54.1 Å². The van der Waals surface area contributed by atoms with Crippen molar-refractivity contribution in [3.63, 3.8) is 0 Å². The molecule has 6 heteroatoms. The molecule has 4 rings (SSSR count). The summed E-state index contributed by atoms with van der Waals surface area (Å²) in [6, 6.07) is 17.5. The molecule has 2 aliphatic heterocycles. The second-order valence-corrected chi connectivity index (χ2v) is 7.72. The summed E-state index contributed by atoms with van der Waals surface area (Å²) in [5.74, 6) is -1.19. The summed E-state index contributed by atoms with van der Waals surface area (Å²) in [7, 11) is 2.59. The SMILES string of the molecule is COC(=O)C1=C(C(=O)OC)C2([C@H](Cc3ccc(C)cc3)Nc3ccccc3)C=CC1O2. The maximum absolute atomic E-state index is 12.9.